The number of hydrogen-bond acceptors (Lipinski definition) is 3. The first-order valence-electron chi connectivity index (χ1n) is 8.25. The van der Waals surface area contributed by atoms with Crippen LogP contribution in [-0.2, 0) is 16.0 Å². The molecular weight excluding hydrogens is 292 g/mol. The van der Waals surface area contributed by atoms with Crippen LogP contribution in [0.2, 0.25) is 0 Å². The Labute approximate surface area is 138 Å². The van der Waals surface area contributed by atoms with Crippen molar-refractivity contribution in [2.75, 3.05) is 18.1 Å². The number of carbonyl (C=O) groups excluding carboxylic acids is 2. The van der Waals surface area contributed by atoms with Gasteiger partial charge in [0.1, 0.15) is 0 Å². The van der Waals surface area contributed by atoms with Crippen LogP contribution in [0.25, 0.3) is 0 Å². The van der Waals surface area contributed by atoms with Crippen molar-refractivity contribution >= 4 is 17.7 Å². The first-order chi connectivity index (χ1) is 10.9. The largest absolute Gasteiger partial charge is 0.466 e. The molecule has 1 aromatic rings. The van der Waals surface area contributed by atoms with E-state index in [0.29, 0.717) is 13.2 Å². The van der Waals surface area contributed by atoms with Gasteiger partial charge in [0.2, 0.25) is 0 Å². The molecule has 0 saturated heterocycles. The maximum atomic E-state index is 12.6. The second-order valence-electron chi connectivity index (χ2n) is 6.34. The lowest BCUT2D eigenvalue weighted by atomic mass is 10.0. The zero-order valence-corrected chi connectivity index (χ0v) is 14.4. The summed E-state index contributed by atoms with van der Waals surface area (Å²) in [6, 6.07) is 5.77. The molecule has 1 aromatic carbocycles. The minimum atomic E-state index is -0.274. The normalized spacial score (nSPS) is 14.6. The molecule has 1 atom stereocenters. The summed E-state index contributed by atoms with van der Waals surface area (Å²) >= 11 is 0. The van der Waals surface area contributed by atoms with Crippen LogP contribution in [0, 0.1) is 12.8 Å². The maximum absolute atomic E-state index is 12.6. The first kappa shape index (κ1) is 17.3. The third-order valence-corrected chi connectivity index (χ3v) is 4.18. The maximum Gasteiger partial charge on any atom is 0.322 e. The number of anilines is 1. The van der Waals surface area contributed by atoms with Gasteiger partial charge in [0.25, 0.3) is 0 Å². The van der Waals surface area contributed by atoms with Gasteiger partial charge in [-0.25, -0.2) is 4.79 Å². The molecule has 5 heteroatoms. The van der Waals surface area contributed by atoms with Crippen LogP contribution < -0.4 is 10.2 Å². The van der Waals surface area contributed by atoms with Crippen LogP contribution in [0.3, 0.4) is 0 Å². The van der Waals surface area contributed by atoms with Gasteiger partial charge in [-0.15, -0.1) is 0 Å². The molecule has 0 saturated carbocycles. The number of hydrogen-bond donors (Lipinski definition) is 1. The Balaban J connectivity index is 2.04. The third-order valence-electron chi connectivity index (χ3n) is 4.18. The molecule has 1 N–H and O–H groups in total. The zero-order chi connectivity index (χ0) is 17.0. The summed E-state index contributed by atoms with van der Waals surface area (Å²) in [6.07, 6.45) is 1.07. The fourth-order valence-electron chi connectivity index (χ4n) is 2.83. The standard InChI is InChI=1S/C18H26N2O3/c1-5-23-17(21)11-15(12(2)3)19-18(22)20-9-8-14-10-13(4)6-7-16(14)20/h6-7,10,12,15H,5,8-9,11H2,1-4H3,(H,19,22). The van der Waals surface area contributed by atoms with E-state index in [1.165, 1.54) is 11.1 Å². The smallest absolute Gasteiger partial charge is 0.322 e. The highest BCUT2D eigenvalue weighted by Crippen LogP contribution is 2.28. The average Bonchev–Trinajstić information content (AvgIpc) is 2.89. The van der Waals surface area contributed by atoms with Crippen LogP contribution in [0.15, 0.2) is 18.2 Å². The third kappa shape index (κ3) is 4.24. The van der Waals surface area contributed by atoms with Gasteiger partial charge in [0.05, 0.1) is 13.0 Å². The van der Waals surface area contributed by atoms with E-state index in [0.717, 1.165) is 12.1 Å². The van der Waals surface area contributed by atoms with Gasteiger partial charge in [-0.05, 0) is 37.8 Å². The van der Waals surface area contributed by atoms with Crippen LogP contribution in [-0.4, -0.2) is 31.2 Å². The number of esters is 1. The molecule has 2 amide bonds. The van der Waals surface area contributed by atoms with Crippen LogP contribution in [0.4, 0.5) is 10.5 Å². The number of nitrogens with zero attached hydrogens (tertiary/aromatic N) is 1. The summed E-state index contributed by atoms with van der Waals surface area (Å²) in [7, 11) is 0. The van der Waals surface area contributed by atoms with Crippen molar-refractivity contribution in [1.29, 1.82) is 0 Å². The minimum Gasteiger partial charge on any atom is -0.466 e. The summed E-state index contributed by atoms with van der Waals surface area (Å²) in [4.78, 5) is 26.1. The Bertz CT molecular complexity index is 584. The van der Waals surface area contributed by atoms with Gasteiger partial charge in [-0.3, -0.25) is 9.69 Å². The number of amides is 2. The van der Waals surface area contributed by atoms with Crippen LogP contribution in [0.1, 0.15) is 38.3 Å². The highest BCUT2D eigenvalue weighted by molar-refractivity contribution is 5.94. The minimum absolute atomic E-state index is 0.143. The molecule has 1 unspecified atom stereocenters. The van der Waals surface area contributed by atoms with E-state index in [1.807, 2.05) is 26.0 Å². The number of nitrogens with one attached hydrogen (secondary N) is 1. The number of benzene rings is 1. The molecular formula is C18H26N2O3. The molecule has 2 rings (SSSR count). The van der Waals surface area contributed by atoms with Gasteiger partial charge in [0, 0.05) is 18.3 Å². The van der Waals surface area contributed by atoms with E-state index in [9.17, 15) is 9.59 Å². The number of rotatable bonds is 5. The van der Waals surface area contributed by atoms with E-state index in [2.05, 4.69) is 18.3 Å². The lowest BCUT2D eigenvalue weighted by molar-refractivity contribution is -0.143. The summed E-state index contributed by atoms with van der Waals surface area (Å²) in [6.45, 7) is 8.85. The zero-order valence-electron chi connectivity index (χ0n) is 14.4. The topological polar surface area (TPSA) is 58.6 Å². The van der Waals surface area contributed by atoms with Crippen molar-refractivity contribution in [3.05, 3.63) is 29.3 Å². The van der Waals surface area contributed by atoms with E-state index >= 15 is 0 Å². The molecule has 0 spiro atoms. The monoisotopic (exact) mass is 318 g/mol. The van der Waals surface area contributed by atoms with Gasteiger partial charge >= 0.3 is 12.0 Å². The predicted molar refractivity (Wildman–Crippen MR) is 90.6 cm³/mol. The van der Waals surface area contributed by atoms with Gasteiger partial charge in [0.15, 0.2) is 0 Å². The summed E-state index contributed by atoms with van der Waals surface area (Å²) in [5.74, 6) is -0.118. The van der Waals surface area contributed by atoms with Crippen molar-refractivity contribution in [1.82, 2.24) is 5.32 Å². The van der Waals surface area contributed by atoms with Crippen molar-refractivity contribution in [2.45, 2.75) is 46.6 Å². The Morgan fingerprint density at radius 3 is 2.74 bits per heavy atom. The molecule has 0 fully saturated rings. The fourth-order valence-corrected chi connectivity index (χ4v) is 2.83. The van der Waals surface area contributed by atoms with Crippen LogP contribution >= 0.6 is 0 Å². The molecule has 0 aliphatic carbocycles. The Morgan fingerprint density at radius 1 is 1.35 bits per heavy atom. The van der Waals surface area contributed by atoms with Crippen LogP contribution in [0.5, 0.6) is 0 Å². The quantitative estimate of drug-likeness (QED) is 0.849. The summed E-state index contributed by atoms with van der Waals surface area (Å²) in [5.41, 5.74) is 3.37. The van der Waals surface area contributed by atoms with Crippen molar-refractivity contribution in [3.63, 3.8) is 0 Å². The van der Waals surface area contributed by atoms with E-state index in [4.69, 9.17) is 4.74 Å². The van der Waals surface area contributed by atoms with E-state index in [-0.39, 0.29) is 30.4 Å². The molecule has 1 aliphatic rings. The van der Waals surface area contributed by atoms with E-state index < -0.39 is 0 Å². The van der Waals surface area contributed by atoms with E-state index in [1.54, 1.807) is 11.8 Å². The van der Waals surface area contributed by atoms with Gasteiger partial charge in [-0.1, -0.05) is 31.5 Å². The van der Waals surface area contributed by atoms with Gasteiger partial charge < -0.3 is 10.1 Å². The Kier molecular flexibility index (Phi) is 5.64. The van der Waals surface area contributed by atoms with Gasteiger partial charge in [-0.2, -0.15) is 0 Å². The summed E-state index contributed by atoms with van der Waals surface area (Å²) < 4.78 is 5.00. The molecule has 0 radical (unpaired) electrons. The molecule has 1 heterocycles. The van der Waals surface area contributed by atoms with Crippen molar-refractivity contribution in [2.24, 2.45) is 5.92 Å². The highest BCUT2D eigenvalue weighted by Gasteiger charge is 2.28. The molecule has 5 nitrogen and oxygen atoms in total. The fraction of sp³-hybridized carbons (Fsp3) is 0.556. The highest BCUT2D eigenvalue weighted by atomic mass is 16.5. The number of ether oxygens (including phenoxy) is 1. The second kappa shape index (κ2) is 7.49. The van der Waals surface area contributed by atoms with Crippen molar-refractivity contribution < 1.29 is 14.3 Å². The Hall–Kier alpha value is -2.04. The lowest BCUT2D eigenvalue weighted by Crippen LogP contribution is -2.47. The SMILES string of the molecule is CCOC(=O)CC(NC(=O)N1CCc2cc(C)ccc21)C(C)C. The number of fused-ring (bicyclic) bond motifs is 1. The molecule has 0 aromatic heterocycles. The summed E-state index contributed by atoms with van der Waals surface area (Å²) in [5, 5.41) is 2.99. The predicted octanol–water partition coefficient (Wildman–Crippen LogP) is 3.04. The number of carbonyl (C=O) groups is 2. The molecule has 0 bridgehead atoms. The molecule has 23 heavy (non-hydrogen) atoms. The lowest BCUT2D eigenvalue weighted by Gasteiger charge is -2.25. The molecule has 126 valence electrons. The number of aryl methyl sites for hydroxylation is 1. The molecule has 1 aliphatic heterocycles. The second-order valence-corrected chi connectivity index (χ2v) is 6.34. The van der Waals surface area contributed by atoms with Crippen molar-refractivity contribution in [3.8, 4) is 0 Å². The Morgan fingerprint density at radius 2 is 2.09 bits per heavy atom. The average molecular weight is 318 g/mol. The first-order valence-corrected chi connectivity index (χ1v) is 8.25. The number of urea groups is 1.